The van der Waals surface area contributed by atoms with Crippen LogP contribution in [0.3, 0.4) is 0 Å². The summed E-state index contributed by atoms with van der Waals surface area (Å²) in [5.41, 5.74) is 0.523. The van der Waals surface area contributed by atoms with Gasteiger partial charge in [0.25, 0.3) is 5.91 Å². The highest BCUT2D eigenvalue weighted by atomic mass is 19.1. The minimum Gasteiger partial charge on any atom is -0.481 e. The van der Waals surface area contributed by atoms with E-state index in [1.165, 1.54) is 16.8 Å². The maximum atomic E-state index is 13.0. The van der Waals surface area contributed by atoms with Crippen molar-refractivity contribution in [3.8, 4) is 5.69 Å². The van der Waals surface area contributed by atoms with Gasteiger partial charge in [0.1, 0.15) is 5.82 Å². The van der Waals surface area contributed by atoms with Gasteiger partial charge >= 0.3 is 5.97 Å². The quantitative estimate of drug-likeness (QED) is 0.858. The fourth-order valence-corrected chi connectivity index (χ4v) is 2.89. The Bertz CT molecular complexity index is 795. The summed E-state index contributed by atoms with van der Waals surface area (Å²) < 4.78 is 19.8. The van der Waals surface area contributed by atoms with Crippen molar-refractivity contribution in [3.63, 3.8) is 0 Å². The van der Waals surface area contributed by atoms with E-state index in [1.807, 2.05) is 0 Å². The van der Waals surface area contributed by atoms with Crippen LogP contribution in [0.15, 0.2) is 30.5 Å². The number of rotatable bonds is 5. The fraction of sp³-hybridized carbons (Fsp3) is 0.353. The first-order valence-electron chi connectivity index (χ1n) is 7.83. The van der Waals surface area contributed by atoms with Crippen LogP contribution in [-0.4, -0.2) is 45.5 Å². The van der Waals surface area contributed by atoms with Gasteiger partial charge in [-0.3, -0.25) is 9.59 Å². The van der Waals surface area contributed by atoms with E-state index >= 15 is 0 Å². The number of nitrogens with one attached hydrogen (secondary N) is 1. The van der Waals surface area contributed by atoms with Crippen LogP contribution in [0.4, 0.5) is 4.39 Å². The molecular weight excluding hydrogens is 329 g/mol. The molecule has 2 aromatic rings. The summed E-state index contributed by atoms with van der Waals surface area (Å²) in [5, 5.41) is 16.1. The number of aryl methyl sites for hydroxylation is 1. The van der Waals surface area contributed by atoms with Crippen LogP contribution in [0.5, 0.6) is 0 Å². The zero-order valence-corrected chi connectivity index (χ0v) is 13.7. The molecule has 25 heavy (non-hydrogen) atoms. The number of carbonyl (C=O) groups excluding carboxylic acids is 1. The molecule has 2 heterocycles. The molecular formula is C17H18FN3O4. The molecule has 1 amide bonds. The number of aliphatic carboxylic acids is 1. The molecule has 0 aliphatic carbocycles. The third-order valence-electron chi connectivity index (χ3n) is 4.18. The van der Waals surface area contributed by atoms with Crippen molar-refractivity contribution < 1.29 is 23.8 Å². The zero-order chi connectivity index (χ0) is 18.0. The number of amides is 1. The van der Waals surface area contributed by atoms with Gasteiger partial charge in [-0.25, -0.2) is 9.07 Å². The SMILES string of the molecule is Cc1cn(-c2ccc(F)cc2)nc1C(=O)NC1(CC(=O)O)CCOC1. The lowest BCUT2D eigenvalue weighted by Crippen LogP contribution is -2.50. The third-order valence-corrected chi connectivity index (χ3v) is 4.18. The third kappa shape index (κ3) is 3.69. The second-order valence-corrected chi connectivity index (χ2v) is 6.19. The fourth-order valence-electron chi connectivity index (χ4n) is 2.89. The van der Waals surface area contributed by atoms with Gasteiger partial charge in [-0.05, 0) is 37.6 Å². The molecule has 1 aromatic carbocycles. The first-order valence-corrected chi connectivity index (χ1v) is 7.83. The van der Waals surface area contributed by atoms with E-state index in [-0.39, 0.29) is 24.5 Å². The Morgan fingerprint density at radius 2 is 2.12 bits per heavy atom. The maximum Gasteiger partial charge on any atom is 0.305 e. The standard InChI is InChI=1S/C17H18FN3O4/c1-11-9-21(13-4-2-12(18)3-5-13)20-15(11)16(24)19-17(8-14(22)23)6-7-25-10-17/h2-5,9H,6-8,10H2,1H3,(H,19,24)(H,22,23). The number of benzene rings is 1. The molecule has 0 spiro atoms. The minimum absolute atomic E-state index is 0.156. The molecule has 132 valence electrons. The number of ether oxygens (including phenoxy) is 1. The van der Waals surface area contributed by atoms with Crippen molar-refractivity contribution in [1.82, 2.24) is 15.1 Å². The molecule has 3 rings (SSSR count). The van der Waals surface area contributed by atoms with Gasteiger partial charge in [-0.2, -0.15) is 5.10 Å². The van der Waals surface area contributed by atoms with Gasteiger partial charge in [0, 0.05) is 18.4 Å². The van der Waals surface area contributed by atoms with Crippen LogP contribution in [-0.2, 0) is 9.53 Å². The van der Waals surface area contributed by atoms with Crippen LogP contribution in [0.2, 0.25) is 0 Å². The van der Waals surface area contributed by atoms with Crippen LogP contribution in [0.25, 0.3) is 5.69 Å². The number of hydrogen-bond acceptors (Lipinski definition) is 4. The molecule has 0 bridgehead atoms. The summed E-state index contributed by atoms with van der Waals surface area (Å²) in [6.45, 7) is 2.29. The molecule has 0 saturated carbocycles. The molecule has 1 saturated heterocycles. The highest BCUT2D eigenvalue weighted by Gasteiger charge is 2.39. The van der Waals surface area contributed by atoms with Gasteiger partial charge in [-0.1, -0.05) is 0 Å². The zero-order valence-electron chi connectivity index (χ0n) is 13.7. The van der Waals surface area contributed by atoms with Crippen molar-refractivity contribution in [2.75, 3.05) is 13.2 Å². The van der Waals surface area contributed by atoms with Crippen molar-refractivity contribution in [3.05, 3.63) is 47.5 Å². The lowest BCUT2D eigenvalue weighted by Gasteiger charge is -2.26. The number of hydrogen-bond donors (Lipinski definition) is 2. The Labute approximate surface area is 143 Å². The lowest BCUT2D eigenvalue weighted by molar-refractivity contribution is -0.138. The average Bonchev–Trinajstić information content (AvgIpc) is 3.14. The van der Waals surface area contributed by atoms with Gasteiger partial charge < -0.3 is 15.2 Å². The van der Waals surface area contributed by atoms with Gasteiger partial charge in [-0.15, -0.1) is 0 Å². The number of aromatic nitrogens is 2. The van der Waals surface area contributed by atoms with Crippen LogP contribution < -0.4 is 5.32 Å². The highest BCUT2D eigenvalue weighted by Crippen LogP contribution is 2.24. The van der Waals surface area contributed by atoms with Crippen LogP contribution in [0, 0.1) is 12.7 Å². The Balaban J connectivity index is 1.82. The summed E-state index contributed by atoms with van der Waals surface area (Å²) in [5.74, 6) is -1.81. The summed E-state index contributed by atoms with van der Waals surface area (Å²) in [4.78, 5) is 23.7. The monoisotopic (exact) mass is 347 g/mol. The van der Waals surface area contributed by atoms with E-state index in [1.54, 1.807) is 25.3 Å². The number of carboxylic acid groups (broad SMARTS) is 1. The summed E-state index contributed by atoms with van der Waals surface area (Å²) in [6, 6.07) is 5.73. The molecule has 0 radical (unpaired) electrons. The number of nitrogens with zero attached hydrogens (tertiary/aromatic N) is 2. The number of halogens is 1. The lowest BCUT2D eigenvalue weighted by atomic mass is 9.94. The Morgan fingerprint density at radius 3 is 2.72 bits per heavy atom. The molecule has 1 fully saturated rings. The molecule has 2 N–H and O–H groups in total. The number of carboxylic acids is 1. The van der Waals surface area contributed by atoms with Crippen LogP contribution in [0.1, 0.15) is 28.9 Å². The van der Waals surface area contributed by atoms with E-state index in [2.05, 4.69) is 10.4 Å². The minimum atomic E-state index is -1.00. The summed E-state index contributed by atoms with van der Waals surface area (Å²) in [7, 11) is 0. The predicted molar refractivity (Wildman–Crippen MR) is 86.1 cm³/mol. The first kappa shape index (κ1) is 17.1. The average molecular weight is 347 g/mol. The molecule has 1 aromatic heterocycles. The maximum absolute atomic E-state index is 13.0. The predicted octanol–water partition coefficient (Wildman–Crippen LogP) is 1.68. The molecule has 1 unspecified atom stereocenters. The Morgan fingerprint density at radius 1 is 1.40 bits per heavy atom. The van der Waals surface area contributed by atoms with E-state index in [0.29, 0.717) is 24.3 Å². The summed E-state index contributed by atoms with van der Waals surface area (Å²) in [6.07, 6.45) is 1.89. The Hall–Kier alpha value is -2.74. The van der Waals surface area contributed by atoms with Crippen molar-refractivity contribution in [1.29, 1.82) is 0 Å². The van der Waals surface area contributed by atoms with Gasteiger partial charge in [0.2, 0.25) is 0 Å². The first-order chi connectivity index (χ1) is 11.9. The topological polar surface area (TPSA) is 93.5 Å². The van der Waals surface area contributed by atoms with E-state index < -0.39 is 17.4 Å². The van der Waals surface area contributed by atoms with Gasteiger partial charge in [0.15, 0.2) is 5.69 Å². The molecule has 1 atom stereocenters. The smallest absolute Gasteiger partial charge is 0.305 e. The normalized spacial score (nSPS) is 19.8. The second kappa shape index (κ2) is 6.64. The summed E-state index contributed by atoms with van der Waals surface area (Å²) >= 11 is 0. The van der Waals surface area contributed by atoms with Crippen molar-refractivity contribution in [2.45, 2.75) is 25.3 Å². The molecule has 1 aliphatic rings. The van der Waals surface area contributed by atoms with Crippen molar-refractivity contribution >= 4 is 11.9 Å². The largest absolute Gasteiger partial charge is 0.481 e. The van der Waals surface area contributed by atoms with E-state index in [4.69, 9.17) is 9.84 Å². The van der Waals surface area contributed by atoms with E-state index in [9.17, 15) is 14.0 Å². The van der Waals surface area contributed by atoms with E-state index in [0.717, 1.165) is 0 Å². The molecule has 1 aliphatic heterocycles. The molecule has 8 heteroatoms. The second-order valence-electron chi connectivity index (χ2n) is 6.19. The molecule has 7 nitrogen and oxygen atoms in total. The number of carbonyl (C=O) groups is 2. The van der Waals surface area contributed by atoms with Crippen molar-refractivity contribution in [2.24, 2.45) is 0 Å². The highest BCUT2D eigenvalue weighted by molar-refractivity contribution is 5.94. The van der Waals surface area contributed by atoms with Gasteiger partial charge in [0.05, 0.1) is 24.3 Å². The van der Waals surface area contributed by atoms with Crippen LogP contribution >= 0.6 is 0 Å². The Kier molecular flexibility index (Phi) is 4.54.